The summed E-state index contributed by atoms with van der Waals surface area (Å²) in [7, 11) is 3.16. The summed E-state index contributed by atoms with van der Waals surface area (Å²) in [4.78, 5) is 14.0. The maximum absolute atomic E-state index is 12.7. The van der Waals surface area contributed by atoms with Gasteiger partial charge in [0.15, 0.2) is 0 Å². The van der Waals surface area contributed by atoms with E-state index in [1.807, 2.05) is 6.07 Å². The van der Waals surface area contributed by atoms with Crippen LogP contribution >= 0.6 is 11.3 Å². The van der Waals surface area contributed by atoms with Gasteiger partial charge in [0, 0.05) is 10.9 Å². The maximum atomic E-state index is 12.7. The van der Waals surface area contributed by atoms with Crippen LogP contribution in [0, 0.1) is 11.3 Å². The lowest BCUT2D eigenvalue weighted by Gasteiger charge is -2.17. The van der Waals surface area contributed by atoms with Crippen molar-refractivity contribution in [3.8, 4) is 17.6 Å². The van der Waals surface area contributed by atoms with E-state index in [9.17, 15) is 10.1 Å². The molecular formula is C21H25N3O3S. The number of carbonyl (C=O) groups is 1. The van der Waals surface area contributed by atoms with Gasteiger partial charge >= 0.3 is 0 Å². The van der Waals surface area contributed by atoms with Gasteiger partial charge in [-0.05, 0) is 50.3 Å². The van der Waals surface area contributed by atoms with Crippen LogP contribution in [0.5, 0.6) is 11.5 Å². The number of hydrogen-bond donors (Lipinski definition) is 2. The van der Waals surface area contributed by atoms with E-state index in [1.54, 1.807) is 44.6 Å². The van der Waals surface area contributed by atoms with Crippen LogP contribution in [0.3, 0.4) is 0 Å². The average Bonchev–Trinajstić information content (AvgIpc) is 2.86. The molecule has 1 aromatic heterocycles. The molecule has 0 aliphatic heterocycles. The maximum Gasteiger partial charge on any atom is 0.247 e. The number of nitriles is 1. The number of aryl methyl sites for hydroxylation is 1. The number of thiophene rings is 1. The monoisotopic (exact) mass is 399 g/mol. The quantitative estimate of drug-likeness (QED) is 0.706. The van der Waals surface area contributed by atoms with Gasteiger partial charge in [0.1, 0.15) is 28.6 Å². The Morgan fingerprint density at radius 2 is 2.00 bits per heavy atom. The van der Waals surface area contributed by atoms with Crippen LogP contribution in [0.2, 0.25) is 0 Å². The number of nitrogens with one attached hydrogen (secondary N) is 2. The van der Waals surface area contributed by atoms with Crippen LogP contribution in [0.4, 0.5) is 10.7 Å². The normalized spacial score (nSPS) is 14.2. The zero-order valence-corrected chi connectivity index (χ0v) is 17.2. The van der Waals surface area contributed by atoms with Crippen molar-refractivity contribution in [2.75, 3.05) is 24.9 Å². The number of hydrogen-bond acceptors (Lipinski definition) is 6. The Balaban J connectivity index is 1.74. The molecule has 0 spiro atoms. The van der Waals surface area contributed by atoms with Crippen LogP contribution in [-0.2, 0) is 17.6 Å². The van der Waals surface area contributed by atoms with E-state index < -0.39 is 6.04 Å². The number of anilines is 2. The summed E-state index contributed by atoms with van der Waals surface area (Å²) in [5.41, 5.74) is 2.45. The minimum absolute atomic E-state index is 0.189. The molecule has 0 bridgehead atoms. The molecule has 0 unspecified atom stereocenters. The van der Waals surface area contributed by atoms with Crippen LogP contribution in [-0.4, -0.2) is 26.2 Å². The molecule has 6 nitrogen and oxygen atoms in total. The van der Waals surface area contributed by atoms with Crippen LogP contribution in [0.15, 0.2) is 18.2 Å². The number of amides is 1. The van der Waals surface area contributed by atoms with Gasteiger partial charge in [-0.15, -0.1) is 11.3 Å². The molecule has 0 radical (unpaired) electrons. The first-order valence-corrected chi connectivity index (χ1v) is 10.2. The lowest BCUT2D eigenvalue weighted by Crippen LogP contribution is -2.32. The average molecular weight is 400 g/mol. The van der Waals surface area contributed by atoms with Gasteiger partial charge < -0.3 is 20.1 Å². The van der Waals surface area contributed by atoms with Crippen LogP contribution in [0.25, 0.3) is 0 Å². The van der Waals surface area contributed by atoms with Crippen LogP contribution in [0.1, 0.15) is 42.2 Å². The Hall–Kier alpha value is -2.72. The van der Waals surface area contributed by atoms with E-state index in [1.165, 1.54) is 11.3 Å². The van der Waals surface area contributed by atoms with E-state index in [0.717, 1.165) is 31.2 Å². The molecule has 0 saturated carbocycles. The predicted octanol–water partition coefficient (Wildman–Crippen LogP) is 4.34. The third kappa shape index (κ3) is 4.23. The van der Waals surface area contributed by atoms with Gasteiger partial charge in [-0.1, -0.05) is 6.42 Å². The lowest BCUT2D eigenvalue weighted by atomic mass is 10.1. The fourth-order valence-electron chi connectivity index (χ4n) is 3.39. The van der Waals surface area contributed by atoms with E-state index in [-0.39, 0.29) is 5.91 Å². The molecule has 1 aliphatic carbocycles. The number of nitrogens with zero attached hydrogens (tertiary/aromatic N) is 1. The molecule has 1 aromatic carbocycles. The molecule has 148 valence electrons. The van der Waals surface area contributed by atoms with Gasteiger partial charge in [0.05, 0.1) is 25.5 Å². The molecule has 28 heavy (non-hydrogen) atoms. The van der Waals surface area contributed by atoms with Gasteiger partial charge in [0.25, 0.3) is 0 Å². The third-order valence-electron chi connectivity index (χ3n) is 4.94. The molecule has 1 atom stereocenters. The number of carbonyl (C=O) groups excluding carboxylic acids is 1. The van der Waals surface area contributed by atoms with Crippen molar-refractivity contribution < 1.29 is 14.3 Å². The fraction of sp³-hybridized carbons (Fsp3) is 0.429. The SMILES string of the molecule is COc1ccc(N[C@H](C)C(=O)Nc2sc3c(c2C#N)CCCCC3)c(OC)c1. The minimum Gasteiger partial charge on any atom is -0.497 e. The smallest absolute Gasteiger partial charge is 0.247 e. The zero-order chi connectivity index (χ0) is 20.1. The Morgan fingerprint density at radius 1 is 1.21 bits per heavy atom. The molecule has 0 saturated heterocycles. The summed E-state index contributed by atoms with van der Waals surface area (Å²) >= 11 is 1.54. The molecule has 3 rings (SSSR count). The molecule has 2 N–H and O–H groups in total. The fourth-order valence-corrected chi connectivity index (χ4v) is 4.63. The van der Waals surface area contributed by atoms with Crippen molar-refractivity contribution in [2.45, 2.75) is 45.1 Å². The Bertz CT molecular complexity index is 901. The summed E-state index contributed by atoms with van der Waals surface area (Å²) in [6.07, 6.45) is 5.34. The second kappa shape index (κ2) is 8.98. The van der Waals surface area contributed by atoms with Gasteiger partial charge in [-0.3, -0.25) is 4.79 Å². The molecule has 1 aliphatic rings. The Labute approximate surface area is 169 Å². The lowest BCUT2D eigenvalue weighted by molar-refractivity contribution is -0.116. The first-order valence-electron chi connectivity index (χ1n) is 9.41. The predicted molar refractivity (Wildman–Crippen MR) is 112 cm³/mol. The van der Waals surface area contributed by atoms with Crippen molar-refractivity contribution in [3.63, 3.8) is 0 Å². The zero-order valence-electron chi connectivity index (χ0n) is 16.4. The summed E-state index contributed by atoms with van der Waals surface area (Å²) in [6.45, 7) is 1.78. The van der Waals surface area contributed by atoms with E-state index in [4.69, 9.17) is 9.47 Å². The summed E-state index contributed by atoms with van der Waals surface area (Å²) in [5.74, 6) is 1.09. The molecule has 1 heterocycles. The van der Waals surface area contributed by atoms with Gasteiger partial charge in [0.2, 0.25) is 5.91 Å². The van der Waals surface area contributed by atoms with Crippen molar-refractivity contribution in [1.82, 2.24) is 0 Å². The highest BCUT2D eigenvalue weighted by Crippen LogP contribution is 2.37. The first-order chi connectivity index (χ1) is 13.6. The first kappa shape index (κ1) is 20.0. The van der Waals surface area contributed by atoms with Gasteiger partial charge in [-0.25, -0.2) is 0 Å². The summed E-state index contributed by atoms with van der Waals surface area (Å²) < 4.78 is 10.6. The van der Waals surface area contributed by atoms with Crippen molar-refractivity contribution in [1.29, 1.82) is 5.26 Å². The Kier molecular flexibility index (Phi) is 6.42. The van der Waals surface area contributed by atoms with Gasteiger partial charge in [-0.2, -0.15) is 5.26 Å². The molecule has 0 fully saturated rings. The standard InChI is InChI=1S/C21H25N3O3S/c1-13(23-17-10-9-14(26-2)11-18(17)27-3)20(25)24-21-16(12-22)15-7-5-4-6-8-19(15)28-21/h9-11,13,23H,4-8H2,1-3H3,(H,24,25)/t13-/m1/s1. The topological polar surface area (TPSA) is 83.4 Å². The molecule has 1 amide bonds. The van der Waals surface area contributed by atoms with Crippen LogP contribution < -0.4 is 20.1 Å². The van der Waals surface area contributed by atoms with E-state index >= 15 is 0 Å². The summed E-state index contributed by atoms with van der Waals surface area (Å²) in [6, 6.07) is 7.17. The van der Waals surface area contributed by atoms with Crippen molar-refractivity contribution >= 4 is 27.9 Å². The highest BCUT2D eigenvalue weighted by Gasteiger charge is 2.23. The number of rotatable bonds is 6. The Morgan fingerprint density at radius 3 is 2.71 bits per heavy atom. The summed E-state index contributed by atoms with van der Waals surface area (Å²) in [5, 5.41) is 16.4. The largest absolute Gasteiger partial charge is 0.497 e. The molecule has 7 heteroatoms. The highest BCUT2D eigenvalue weighted by molar-refractivity contribution is 7.16. The third-order valence-corrected chi connectivity index (χ3v) is 6.15. The minimum atomic E-state index is -0.504. The number of fused-ring (bicyclic) bond motifs is 1. The second-order valence-corrected chi connectivity index (χ2v) is 7.91. The number of ether oxygens (including phenoxy) is 2. The second-order valence-electron chi connectivity index (χ2n) is 6.80. The van der Waals surface area contributed by atoms with E-state index in [2.05, 4.69) is 16.7 Å². The number of benzene rings is 1. The number of methoxy groups -OCH3 is 2. The van der Waals surface area contributed by atoms with E-state index in [0.29, 0.717) is 27.8 Å². The van der Waals surface area contributed by atoms with Crippen molar-refractivity contribution in [3.05, 3.63) is 34.2 Å². The molecular weight excluding hydrogens is 374 g/mol. The highest BCUT2D eigenvalue weighted by atomic mass is 32.1. The van der Waals surface area contributed by atoms with Crippen molar-refractivity contribution in [2.24, 2.45) is 0 Å². The molecule has 2 aromatic rings.